The molecule has 0 unspecified atom stereocenters. The molecule has 106 valence electrons. The standard InChI is InChI=1S/C17H17N3O/c1-12-4-2-6-15-17(12)14(11-19-15)8-16(21)20-10-13-5-3-7-18-9-13/h2-7,9,11,19H,8,10H2,1H3,(H,20,21). The molecule has 0 aliphatic heterocycles. The van der Waals surface area contributed by atoms with Crippen molar-refractivity contribution in [1.29, 1.82) is 0 Å². The van der Waals surface area contributed by atoms with E-state index in [1.807, 2.05) is 30.5 Å². The molecule has 0 aliphatic carbocycles. The van der Waals surface area contributed by atoms with Crippen LogP contribution in [0.3, 0.4) is 0 Å². The molecular weight excluding hydrogens is 262 g/mol. The average Bonchev–Trinajstić information content (AvgIpc) is 2.91. The number of hydrogen-bond acceptors (Lipinski definition) is 2. The van der Waals surface area contributed by atoms with Crippen LogP contribution in [0, 0.1) is 6.92 Å². The molecule has 0 fully saturated rings. The van der Waals surface area contributed by atoms with E-state index < -0.39 is 0 Å². The number of H-pyrrole nitrogens is 1. The van der Waals surface area contributed by atoms with Gasteiger partial charge in [-0.3, -0.25) is 9.78 Å². The molecule has 0 saturated heterocycles. The Labute approximate surface area is 123 Å². The van der Waals surface area contributed by atoms with Crippen LogP contribution in [0.2, 0.25) is 0 Å². The van der Waals surface area contributed by atoms with Crippen LogP contribution in [-0.4, -0.2) is 15.9 Å². The summed E-state index contributed by atoms with van der Waals surface area (Å²) in [5.41, 5.74) is 4.29. The van der Waals surface area contributed by atoms with E-state index in [4.69, 9.17) is 0 Å². The summed E-state index contributed by atoms with van der Waals surface area (Å²) in [7, 11) is 0. The van der Waals surface area contributed by atoms with E-state index in [9.17, 15) is 4.79 Å². The first-order valence-electron chi connectivity index (χ1n) is 6.95. The van der Waals surface area contributed by atoms with Crippen molar-refractivity contribution in [2.45, 2.75) is 19.9 Å². The van der Waals surface area contributed by atoms with Gasteiger partial charge in [-0.15, -0.1) is 0 Å². The van der Waals surface area contributed by atoms with Crippen LogP contribution >= 0.6 is 0 Å². The molecule has 1 aromatic carbocycles. The molecule has 0 atom stereocenters. The average molecular weight is 279 g/mol. The predicted molar refractivity (Wildman–Crippen MR) is 82.8 cm³/mol. The van der Waals surface area contributed by atoms with Crippen LogP contribution in [0.4, 0.5) is 0 Å². The first kappa shape index (κ1) is 13.4. The molecule has 0 spiro atoms. The van der Waals surface area contributed by atoms with Crippen molar-refractivity contribution < 1.29 is 4.79 Å². The smallest absolute Gasteiger partial charge is 0.224 e. The van der Waals surface area contributed by atoms with E-state index in [0.29, 0.717) is 13.0 Å². The zero-order valence-electron chi connectivity index (χ0n) is 11.9. The zero-order chi connectivity index (χ0) is 14.7. The van der Waals surface area contributed by atoms with E-state index in [2.05, 4.69) is 28.3 Å². The van der Waals surface area contributed by atoms with Gasteiger partial charge < -0.3 is 10.3 Å². The summed E-state index contributed by atoms with van der Waals surface area (Å²) >= 11 is 0. The van der Waals surface area contributed by atoms with Crippen LogP contribution < -0.4 is 5.32 Å². The number of pyridine rings is 1. The number of aryl methyl sites for hydroxylation is 1. The number of nitrogens with zero attached hydrogens (tertiary/aromatic N) is 1. The molecule has 2 N–H and O–H groups in total. The topological polar surface area (TPSA) is 57.8 Å². The lowest BCUT2D eigenvalue weighted by molar-refractivity contribution is -0.120. The van der Waals surface area contributed by atoms with Crippen LogP contribution in [0.1, 0.15) is 16.7 Å². The monoisotopic (exact) mass is 279 g/mol. The normalized spacial score (nSPS) is 10.7. The molecule has 0 radical (unpaired) electrons. The molecule has 3 rings (SSSR count). The van der Waals surface area contributed by atoms with Crippen LogP contribution in [0.5, 0.6) is 0 Å². The number of aromatic nitrogens is 2. The number of carbonyl (C=O) groups excluding carboxylic acids is 1. The van der Waals surface area contributed by atoms with Gasteiger partial charge in [0.15, 0.2) is 0 Å². The number of rotatable bonds is 4. The highest BCUT2D eigenvalue weighted by Gasteiger charge is 2.10. The summed E-state index contributed by atoms with van der Waals surface area (Å²) in [6.07, 6.45) is 5.78. The van der Waals surface area contributed by atoms with Crippen molar-refractivity contribution in [3.8, 4) is 0 Å². The number of fused-ring (bicyclic) bond motifs is 1. The SMILES string of the molecule is Cc1cccc2[nH]cc(CC(=O)NCc3cccnc3)c12. The largest absolute Gasteiger partial charge is 0.361 e. The van der Waals surface area contributed by atoms with E-state index >= 15 is 0 Å². The molecule has 4 nitrogen and oxygen atoms in total. The third-order valence-electron chi connectivity index (χ3n) is 3.56. The van der Waals surface area contributed by atoms with Gasteiger partial charge in [-0.25, -0.2) is 0 Å². The maximum Gasteiger partial charge on any atom is 0.224 e. The maximum absolute atomic E-state index is 12.1. The lowest BCUT2D eigenvalue weighted by Crippen LogP contribution is -2.24. The van der Waals surface area contributed by atoms with Crippen molar-refractivity contribution in [3.63, 3.8) is 0 Å². The maximum atomic E-state index is 12.1. The fourth-order valence-corrected chi connectivity index (χ4v) is 2.53. The van der Waals surface area contributed by atoms with Gasteiger partial charge in [0.05, 0.1) is 6.42 Å². The van der Waals surface area contributed by atoms with Crippen molar-refractivity contribution in [3.05, 3.63) is 65.6 Å². The number of hydrogen-bond donors (Lipinski definition) is 2. The van der Waals surface area contributed by atoms with Crippen molar-refractivity contribution >= 4 is 16.8 Å². The van der Waals surface area contributed by atoms with Crippen molar-refractivity contribution in [2.24, 2.45) is 0 Å². The Morgan fingerprint density at radius 2 is 2.19 bits per heavy atom. The molecule has 3 aromatic rings. The summed E-state index contributed by atoms with van der Waals surface area (Å²) in [6.45, 7) is 2.57. The minimum atomic E-state index is 0.0167. The van der Waals surface area contributed by atoms with Gasteiger partial charge in [-0.1, -0.05) is 18.2 Å². The Hall–Kier alpha value is -2.62. The van der Waals surface area contributed by atoms with Gasteiger partial charge in [0.2, 0.25) is 5.91 Å². The highest BCUT2D eigenvalue weighted by molar-refractivity contribution is 5.90. The summed E-state index contributed by atoms with van der Waals surface area (Å²) in [5.74, 6) is 0.0167. The van der Waals surface area contributed by atoms with E-state index in [-0.39, 0.29) is 5.91 Å². The fourth-order valence-electron chi connectivity index (χ4n) is 2.53. The Kier molecular flexibility index (Phi) is 3.69. The molecule has 0 bridgehead atoms. The lowest BCUT2D eigenvalue weighted by Gasteiger charge is -2.05. The summed E-state index contributed by atoms with van der Waals surface area (Å²) < 4.78 is 0. The predicted octanol–water partition coefficient (Wildman–Crippen LogP) is 2.73. The van der Waals surface area contributed by atoms with Gasteiger partial charge in [-0.2, -0.15) is 0 Å². The van der Waals surface area contributed by atoms with Crippen LogP contribution in [0.15, 0.2) is 48.9 Å². The highest BCUT2D eigenvalue weighted by atomic mass is 16.1. The molecule has 2 heterocycles. The van der Waals surface area contributed by atoms with Crippen LogP contribution in [0.25, 0.3) is 10.9 Å². The highest BCUT2D eigenvalue weighted by Crippen LogP contribution is 2.22. The number of aromatic amines is 1. The lowest BCUT2D eigenvalue weighted by atomic mass is 10.1. The van der Waals surface area contributed by atoms with E-state index in [1.165, 1.54) is 5.56 Å². The zero-order valence-corrected chi connectivity index (χ0v) is 11.9. The summed E-state index contributed by atoms with van der Waals surface area (Å²) in [6, 6.07) is 9.92. The second-order valence-corrected chi connectivity index (χ2v) is 5.13. The molecular formula is C17H17N3O. The van der Waals surface area contributed by atoms with Gasteiger partial charge in [0.1, 0.15) is 0 Å². The number of nitrogens with one attached hydrogen (secondary N) is 2. The van der Waals surface area contributed by atoms with Crippen molar-refractivity contribution in [1.82, 2.24) is 15.3 Å². The number of carbonyl (C=O) groups is 1. The Morgan fingerprint density at radius 3 is 3.00 bits per heavy atom. The number of amides is 1. The van der Waals surface area contributed by atoms with Gasteiger partial charge >= 0.3 is 0 Å². The molecule has 1 amide bonds. The minimum Gasteiger partial charge on any atom is -0.361 e. The molecule has 2 aromatic heterocycles. The first-order chi connectivity index (χ1) is 10.2. The van der Waals surface area contributed by atoms with Gasteiger partial charge in [0, 0.05) is 36.0 Å². The molecule has 0 saturated carbocycles. The van der Waals surface area contributed by atoms with Crippen LogP contribution in [-0.2, 0) is 17.8 Å². The second kappa shape index (κ2) is 5.79. The summed E-state index contributed by atoms with van der Waals surface area (Å²) in [4.78, 5) is 19.3. The van der Waals surface area contributed by atoms with Gasteiger partial charge in [-0.05, 0) is 35.7 Å². The molecule has 0 aliphatic rings. The minimum absolute atomic E-state index is 0.0167. The number of benzene rings is 1. The quantitative estimate of drug-likeness (QED) is 0.771. The third-order valence-corrected chi connectivity index (χ3v) is 3.56. The Balaban J connectivity index is 1.69. The molecule has 21 heavy (non-hydrogen) atoms. The molecule has 4 heteroatoms. The summed E-state index contributed by atoms with van der Waals surface area (Å²) in [5, 5.41) is 4.08. The fraction of sp³-hybridized carbons (Fsp3) is 0.176. The van der Waals surface area contributed by atoms with E-state index in [0.717, 1.165) is 22.0 Å². The Bertz CT molecular complexity index is 762. The second-order valence-electron chi connectivity index (χ2n) is 5.13. The first-order valence-corrected chi connectivity index (χ1v) is 6.95. The van der Waals surface area contributed by atoms with Crippen molar-refractivity contribution in [2.75, 3.05) is 0 Å². The van der Waals surface area contributed by atoms with E-state index in [1.54, 1.807) is 12.4 Å². The third kappa shape index (κ3) is 2.94. The Morgan fingerprint density at radius 1 is 1.29 bits per heavy atom. The van der Waals surface area contributed by atoms with Gasteiger partial charge in [0.25, 0.3) is 0 Å².